The summed E-state index contributed by atoms with van der Waals surface area (Å²) in [5.41, 5.74) is 0.262. The van der Waals surface area contributed by atoms with Crippen LogP contribution in [0.5, 0.6) is 0 Å². The maximum absolute atomic E-state index is 12.3. The van der Waals surface area contributed by atoms with Crippen LogP contribution in [0.4, 0.5) is 0 Å². The Morgan fingerprint density at radius 1 is 1.38 bits per heavy atom. The number of carbonyl (C=O) groups is 1. The Balaban J connectivity index is 1.64. The SMILES string of the molecule is Cc1noc(C(C)NC(=O)CCn2nnc3ccccc3c2=O)n1. The van der Waals surface area contributed by atoms with Gasteiger partial charge in [-0.1, -0.05) is 22.5 Å². The molecule has 0 aliphatic heterocycles. The highest BCUT2D eigenvalue weighted by Crippen LogP contribution is 2.09. The van der Waals surface area contributed by atoms with Gasteiger partial charge in [0.2, 0.25) is 11.8 Å². The maximum Gasteiger partial charge on any atom is 0.277 e. The van der Waals surface area contributed by atoms with Crippen molar-refractivity contribution in [2.45, 2.75) is 32.9 Å². The summed E-state index contributed by atoms with van der Waals surface area (Å²) >= 11 is 0. The zero-order valence-corrected chi connectivity index (χ0v) is 13.3. The molecule has 0 aliphatic rings. The molecule has 2 aromatic heterocycles. The lowest BCUT2D eigenvalue weighted by atomic mass is 10.2. The third-order valence-electron chi connectivity index (χ3n) is 3.47. The first-order valence-corrected chi connectivity index (χ1v) is 7.46. The van der Waals surface area contributed by atoms with Gasteiger partial charge in [0.1, 0.15) is 11.6 Å². The van der Waals surface area contributed by atoms with Crippen LogP contribution in [0.15, 0.2) is 33.6 Å². The molecule has 0 saturated carbocycles. The predicted molar refractivity (Wildman–Crippen MR) is 84.0 cm³/mol. The first kappa shape index (κ1) is 15.8. The van der Waals surface area contributed by atoms with E-state index < -0.39 is 6.04 Å². The first-order valence-electron chi connectivity index (χ1n) is 7.46. The summed E-state index contributed by atoms with van der Waals surface area (Å²) in [5, 5.41) is 14.7. The Labute approximate surface area is 136 Å². The summed E-state index contributed by atoms with van der Waals surface area (Å²) in [6.07, 6.45) is 0.0877. The molecule has 3 rings (SSSR count). The van der Waals surface area contributed by atoms with Crippen LogP contribution in [0.2, 0.25) is 0 Å². The Kier molecular flexibility index (Phi) is 4.32. The molecule has 24 heavy (non-hydrogen) atoms. The number of rotatable bonds is 5. The molecular formula is C15H16N6O3. The van der Waals surface area contributed by atoms with Gasteiger partial charge in [-0.25, -0.2) is 4.68 Å². The Bertz CT molecular complexity index is 932. The van der Waals surface area contributed by atoms with Crippen LogP contribution >= 0.6 is 0 Å². The topological polar surface area (TPSA) is 116 Å². The van der Waals surface area contributed by atoms with Crippen LogP contribution in [0.1, 0.15) is 31.1 Å². The molecule has 0 aliphatic carbocycles. The molecule has 1 atom stereocenters. The van der Waals surface area contributed by atoms with Gasteiger partial charge in [0, 0.05) is 6.42 Å². The summed E-state index contributed by atoms with van der Waals surface area (Å²) in [5.74, 6) is 0.591. The van der Waals surface area contributed by atoms with Crippen molar-refractivity contribution >= 4 is 16.8 Å². The molecule has 0 saturated heterocycles. The van der Waals surface area contributed by atoms with E-state index in [1.807, 2.05) is 0 Å². The highest BCUT2D eigenvalue weighted by molar-refractivity contribution is 5.77. The minimum absolute atomic E-state index is 0.0877. The van der Waals surface area contributed by atoms with Crippen LogP contribution in [0.3, 0.4) is 0 Å². The zero-order valence-electron chi connectivity index (χ0n) is 13.3. The average molecular weight is 328 g/mol. The van der Waals surface area contributed by atoms with E-state index in [1.165, 1.54) is 4.68 Å². The fourth-order valence-corrected chi connectivity index (χ4v) is 2.24. The van der Waals surface area contributed by atoms with Crippen LogP contribution < -0.4 is 10.9 Å². The molecule has 0 spiro atoms. The normalized spacial score (nSPS) is 12.2. The van der Waals surface area contributed by atoms with E-state index in [2.05, 4.69) is 25.8 Å². The van der Waals surface area contributed by atoms with E-state index >= 15 is 0 Å². The molecule has 0 fully saturated rings. The van der Waals surface area contributed by atoms with Crippen LogP contribution in [-0.4, -0.2) is 31.0 Å². The quantitative estimate of drug-likeness (QED) is 0.734. The van der Waals surface area contributed by atoms with Crippen molar-refractivity contribution < 1.29 is 9.32 Å². The van der Waals surface area contributed by atoms with Crippen molar-refractivity contribution in [3.8, 4) is 0 Å². The highest BCUT2D eigenvalue weighted by Gasteiger charge is 2.16. The number of carbonyl (C=O) groups excluding carboxylic acids is 1. The third-order valence-corrected chi connectivity index (χ3v) is 3.47. The first-order chi connectivity index (χ1) is 11.5. The fraction of sp³-hybridized carbons (Fsp3) is 0.333. The van der Waals surface area contributed by atoms with Gasteiger partial charge in [0.05, 0.1) is 11.9 Å². The monoisotopic (exact) mass is 328 g/mol. The summed E-state index contributed by atoms with van der Waals surface area (Å²) in [6, 6.07) is 6.54. The predicted octanol–water partition coefficient (Wildman–Crippen LogP) is 0.750. The van der Waals surface area contributed by atoms with Crippen molar-refractivity contribution in [1.29, 1.82) is 0 Å². The van der Waals surface area contributed by atoms with Gasteiger partial charge in [-0.2, -0.15) is 4.98 Å². The molecule has 9 nitrogen and oxygen atoms in total. The van der Waals surface area contributed by atoms with Gasteiger partial charge in [-0.15, -0.1) is 5.10 Å². The van der Waals surface area contributed by atoms with Crippen molar-refractivity contribution in [3.05, 3.63) is 46.3 Å². The standard InChI is InChI=1S/C15H16N6O3/c1-9(14-17-10(2)19-24-14)16-13(22)7-8-21-15(23)11-5-3-4-6-12(11)18-20-21/h3-6,9H,7-8H2,1-2H3,(H,16,22). The van der Waals surface area contributed by atoms with E-state index in [4.69, 9.17) is 4.52 Å². The lowest BCUT2D eigenvalue weighted by Crippen LogP contribution is -2.30. The number of amides is 1. The molecule has 0 bridgehead atoms. The molecule has 2 heterocycles. The van der Waals surface area contributed by atoms with Crippen molar-refractivity contribution in [2.75, 3.05) is 0 Å². The van der Waals surface area contributed by atoms with E-state index in [9.17, 15) is 9.59 Å². The Hall–Kier alpha value is -3.10. The lowest BCUT2D eigenvalue weighted by molar-refractivity contribution is -0.122. The largest absolute Gasteiger partial charge is 0.345 e. The van der Waals surface area contributed by atoms with E-state index in [0.717, 1.165) is 0 Å². The van der Waals surface area contributed by atoms with Crippen molar-refractivity contribution in [1.82, 2.24) is 30.5 Å². The molecule has 9 heteroatoms. The second-order valence-corrected chi connectivity index (χ2v) is 5.35. The van der Waals surface area contributed by atoms with Gasteiger partial charge in [0.25, 0.3) is 5.56 Å². The minimum atomic E-state index is -0.405. The van der Waals surface area contributed by atoms with Crippen molar-refractivity contribution in [3.63, 3.8) is 0 Å². The number of nitrogens with one attached hydrogen (secondary N) is 1. The second-order valence-electron chi connectivity index (χ2n) is 5.35. The lowest BCUT2D eigenvalue weighted by Gasteiger charge is -2.10. The van der Waals surface area contributed by atoms with Gasteiger partial charge in [-0.05, 0) is 26.0 Å². The van der Waals surface area contributed by atoms with E-state index in [1.54, 1.807) is 38.1 Å². The number of fused-ring (bicyclic) bond motifs is 1. The molecule has 1 amide bonds. The van der Waals surface area contributed by atoms with Gasteiger partial charge >= 0.3 is 0 Å². The number of nitrogens with zero attached hydrogens (tertiary/aromatic N) is 5. The molecule has 1 unspecified atom stereocenters. The molecule has 1 aromatic carbocycles. The molecule has 3 aromatic rings. The summed E-state index contributed by atoms with van der Waals surface area (Å²) in [6.45, 7) is 3.58. The molecular weight excluding hydrogens is 312 g/mol. The molecule has 1 N–H and O–H groups in total. The fourth-order valence-electron chi connectivity index (χ4n) is 2.24. The van der Waals surface area contributed by atoms with E-state index in [-0.39, 0.29) is 24.4 Å². The Morgan fingerprint density at radius 3 is 2.92 bits per heavy atom. The smallest absolute Gasteiger partial charge is 0.277 e. The number of hydrogen-bond acceptors (Lipinski definition) is 7. The van der Waals surface area contributed by atoms with Crippen LogP contribution in [0.25, 0.3) is 10.9 Å². The van der Waals surface area contributed by atoms with Crippen LogP contribution in [0, 0.1) is 6.92 Å². The number of aryl methyl sites for hydroxylation is 2. The van der Waals surface area contributed by atoms with E-state index in [0.29, 0.717) is 22.6 Å². The summed E-state index contributed by atoms with van der Waals surface area (Å²) < 4.78 is 6.19. The Morgan fingerprint density at radius 2 is 2.17 bits per heavy atom. The number of aromatic nitrogens is 5. The minimum Gasteiger partial charge on any atom is -0.345 e. The van der Waals surface area contributed by atoms with Gasteiger partial charge in [0.15, 0.2) is 5.82 Å². The third kappa shape index (κ3) is 3.29. The van der Waals surface area contributed by atoms with Crippen molar-refractivity contribution in [2.24, 2.45) is 0 Å². The second kappa shape index (κ2) is 6.57. The number of benzene rings is 1. The molecule has 124 valence electrons. The maximum atomic E-state index is 12.3. The number of hydrogen-bond donors (Lipinski definition) is 1. The van der Waals surface area contributed by atoms with Gasteiger partial charge < -0.3 is 9.84 Å². The zero-order chi connectivity index (χ0) is 17.1. The summed E-state index contributed by atoms with van der Waals surface area (Å²) in [4.78, 5) is 28.4. The van der Waals surface area contributed by atoms with Crippen LogP contribution in [-0.2, 0) is 11.3 Å². The van der Waals surface area contributed by atoms with Gasteiger partial charge in [-0.3, -0.25) is 9.59 Å². The average Bonchev–Trinajstić information content (AvgIpc) is 3.01. The highest BCUT2D eigenvalue weighted by atomic mass is 16.5. The summed E-state index contributed by atoms with van der Waals surface area (Å²) in [7, 11) is 0. The molecule has 0 radical (unpaired) electrons.